The van der Waals surface area contributed by atoms with Crippen molar-refractivity contribution in [3.63, 3.8) is 0 Å². The molecule has 1 aliphatic rings. The van der Waals surface area contributed by atoms with Crippen LogP contribution < -0.4 is 4.74 Å². The Labute approximate surface area is 183 Å². The number of aromatic carboxylic acids is 1. The fraction of sp³-hybridized carbons (Fsp3) is 0.346. The Morgan fingerprint density at radius 2 is 2.10 bits per heavy atom. The molecule has 1 unspecified atom stereocenters. The molecule has 3 aromatic rings. The topological polar surface area (TPSA) is 65.6 Å². The Balaban J connectivity index is 1.70. The molecular formula is C26H28N2O3. The first-order valence-electron chi connectivity index (χ1n) is 10.7. The molecule has 4 rings (SSSR count). The molecule has 1 fully saturated rings. The van der Waals surface area contributed by atoms with E-state index < -0.39 is 5.97 Å². The molecule has 5 heteroatoms. The third-order valence-electron chi connectivity index (χ3n) is 6.46. The van der Waals surface area contributed by atoms with Crippen molar-refractivity contribution < 1.29 is 14.6 Å². The predicted molar refractivity (Wildman–Crippen MR) is 122 cm³/mol. The first-order chi connectivity index (χ1) is 15.0. The van der Waals surface area contributed by atoms with Crippen LogP contribution in [0.5, 0.6) is 5.75 Å². The van der Waals surface area contributed by atoms with Gasteiger partial charge < -0.3 is 14.8 Å². The molecule has 0 saturated carbocycles. The van der Waals surface area contributed by atoms with E-state index in [2.05, 4.69) is 34.9 Å². The van der Waals surface area contributed by atoms with Crippen LogP contribution in [0.3, 0.4) is 0 Å². The highest BCUT2D eigenvalue weighted by Gasteiger charge is 2.30. The summed E-state index contributed by atoms with van der Waals surface area (Å²) >= 11 is 0. The monoisotopic (exact) mass is 416 g/mol. The minimum Gasteiger partial charge on any atom is -0.496 e. The third-order valence-corrected chi connectivity index (χ3v) is 6.46. The zero-order valence-electron chi connectivity index (χ0n) is 18.0. The summed E-state index contributed by atoms with van der Waals surface area (Å²) in [6.45, 7) is 3.77. The van der Waals surface area contributed by atoms with Gasteiger partial charge in [0.25, 0.3) is 0 Å². The molecular weight excluding hydrogens is 388 g/mol. The highest BCUT2D eigenvalue weighted by Crippen LogP contribution is 2.39. The molecule has 1 saturated heterocycles. The number of carbonyl (C=O) groups is 1. The van der Waals surface area contributed by atoms with E-state index >= 15 is 0 Å². The molecule has 160 valence electrons. The zero-order chi connectivity index (χ0) is 22.0. The lowest BCUT2D eigenvalue weighted by Crippen LogP contribution is -2.36. The van der Waals surface area contributed by atoms with Crippen molar-refractivity contribution in [1.82, 2.24) is 9.88 Å². The molecule has 2 heterocycles. The van der Waals surface area contributed by atoms with Crippen LogP contribution >= 0.6 is 0 Å². The van der Waals surface area contributed by atoms with Gasteiger partial charge in [-0.05, 0) is 67.6 Å². The largest absolute Gasteiger partial charge is 0.496 e. The van der Waals surface area contributed by atoms with Crippen LogP contribution in [0.1, 0.15) is 52.4 Å². The number of carboxylic acid groups (broad SMARTS) is 1. The number of fused-ring (bicyclic) bond motifs is 1. The van der Waals surface area contributed by atoms with Gasteiger partial charge in [-0.2, -0.15) is 0 Å². The summed E-state index contributed by atoms with van der Waals surface area (Å²) in [6, 6.07) is 11.7. The first-order valence-corrected chi connectivity index (χ1v) is 10.7. The van der Waals surface area contributed by atoms with Gasteiger partial charge in [0.1, 0.15) is 5.75 Å². The van der Waals surface area contributed by atoms with E-state index in [0.29, 0.717) is 11.5 Å². The van der Waals surface area contributed by atoms with Gasteiger partial charge in [-0.25, -0.2) is 4.79 Å². The predicted octanol–water partition coefficient (Wildman–Crippen LogP) is 5.16. The number of aryl methyl sites for hydroxylation is 1. The molecule has 0 amide bonds. The Hall–Kier alpha value is -3.23. The van der Waals surface area contributed by atoms with Crippen molar-refractivity contribution in [2.75, 3.05) is 13.7 Å². The molecule has 2 atom stereocenters. The molecule has 0 spiro atoms. The number of terminal acetylenes is 1. The van der Waals surface area contributed by atoms with Crippen LogP contribution in [-0.4, -0.2) is 34.6 Å². The van der Waals surface area contributed by atoms with Crippen molar-refractivity contribution in [3.05, 3.63) is 64.8 Å². The van der Waals surface area contributed by atoms with Crippen LogP contribution in [0, 0.1) is 25.2 Å². The number of hydrogen-bond donors (Lipinski definition) is 2. The summed E-state index contributed by atoms with van der Waals surface area (Å²) in [4.78, 5) is 17.1. The van der Waals surface area contributed by atoms with Crippen molar-refractivity contribution in [1.29, 1.82) is 0 Å². The number of nitrogens with one attached hydrogen (secondary N) is 1. The van der Waals surface area contributed by atoms with Crippen LogP contribution in [0.2, 0.25) is 0 Å². The van der Waals surface area contributed by atoms with E-state index in [1.54, 1.807) is 19.2 Å². The second kappa shape index (κ2) is 8.87. The van der Waals surface area contributed by atoms with Crippen LogP contribution in [0.4, 0.5) is 0 Å². The first kappa shape index (κ1) is 21.0. The second-order valence-corrected chi connectivity index (χ2v) is 8.35. The third kappa shape index (κ3) is 4.17. The fourth-order valence-corrected chi connectivity index (χ4v) is 4.81. The van der Waals surface area contributed by atoms with E-state index in [4.69, 9.17) is 11.2 Å². The van der Waals surface area contributed by atoms with Crippen molar-refractivity contribution in [2.45, 2.75) is 38.8 Å². The minimum absolute atomic E-state index is 0.176. The smallest absolute Gasteiger partial charge is 0.335 e. The van der Waals surface area contributed by atoms with Gasteiger partial charge in [0.05, 0.1) is 12.7 Å². The number of nitrogens with zero attached hydrogens (tertiary/aromatic N) is 1. The highest BCUT2D eigenvalue weighted by atomic mass is 16.5. The lowest BCUT2D eigenvalue weighted by atomic mass is 9.84. The van der Waals surface area contributed by atoms with Crippen molar-refractivity contribution in [2.24, 2.45) is 5.92 Å². The summed E-state index contributed by atoms with van der Waals surface area (Å²) in [7, 11) is 1.72. The van der Waals surface area contributed by atoms with Crippen LogP contribution in [0.25, 0.3) is 10.9 Å². The number of rotatable bonds is 6. The minimum atomic E-state index is -0.906. The van der Waals surface area contributed by atoms with Gasteiger partial charge in [0.15, 0.2) is 0 Å². The number of piperidine rings is 1. The fourth-order valence-electron chi connectivity index (χ4n) is 4.81. The molecule has 0 bridgehead atoms. The second-order valence-electron chi connectivity index (χ2n) is 8.35. The van der Waals surface area contributed by atoms with Crippen LogP contribution in [-0.2, 0) is 6.54 Å². The van der Waals surface area contributed by atoms with E-state index in [0.717, 1.165) is 54.7 Å². The number of methoxy groups -OCH3 is 1. The highest BCUT2D eigenvalue weighted by molar-refractivity contribution is 5.88. The standard InChI is InChI=1S/C26H28N2O3/c1-4-5-18-11-13-28(23(15-18)19-6-8-20(9-7-19)26(29)30)16-22-21-10-12-27-25(21)17(2)14-24(22)31-3/h1,6-10,12,14,18,23,27H,5,11,13,15-16H2,2-3H3,(H,29,30)/t18?,23-/m0/s1. The molecule has 31 heavy (non-hydrogen) atoms. The van der Waals surface area contributed by atoms with E-state index in [1.807, 2.05) is 18.3 Å². The lowest BCUT2D eigenvalue weighted by molar-refractivity contribution is 0.0696. The number of H-pyrrole nitrogens is 1. The molecule has 0 aliphatic carbocycles. The van der Waals surface area contributed by atoms with Gasteiger partial charge in [-0.3, -0.25) is 4.90 Å². The summed E-state index contributed by atoms with van der Waals surface area (Å²) in [6.07, 6.45) is 10.4. The number of likely N-dealkylation sites (tertiary alicyclic amines) is 1. The van der Waals surface area contributed by atoms with Gasteiger partial charge in [0, 0.05) is 41.7 Å². The molecule has 0 radical (unpaired) electrons. The number of ether oxygens (including phenoxy) is 1. The molecule has 2 aromatic carbocycles. The maximum Gasteiger partial charge on any atom is 0.335 e. The number of hydrogen-bond acceptors (Lipinski definition) is 3. The normalized spacial score (nSPS) is 19.3. The Kier molecular flexibility index (Phi) is 6.01. The summed E-state index contributed by atoms with van der Waals surface area (Å²) < 4.78 is 5.76. The van der Waals surface area contributed by atoms with Crippen molar-refractivity contribution in [3.8, 4) is 18.1 Å². The van der Waals surface area contributed by atoms with Gasteiger partial charge in [-0.1, -0.05) is 12.1 Å². The number of aromatic nitrogens is 1. The average Bonchev–Trinajstić information content (AvgIpc) is 3.27. The summed E-state index contributed by atoms with van der Waals surface area (Å²) in [5.41, 5.74) is 4.91. The van der Waals surface area contributed by atoms with E-state index in [1.165, 1.54) is 10.9 Å². The summed E-state index contributed by atoms with van der Waals surface area (Å²) in [5.74, 6) is 3.29. The summed E-state index contributed by atoms with van der Waals surface area (Å²) in [5, 5.41) is 10.4. The molecule has 2 N–H and O–H groups in total. The number of benzene rings is 2. The van der Waals surface area contributed by atoms with Gasteiger partial charge >= 0.3 is 5.97 Å². The molecule has 1 aromatic heterocycles. The van der Waals surface area contributed by atoms with E-state index in [9.17, 15) is 9.90 Å². The van der Waals surface area contributed by atoms with Gasteiger partial charge in [-0.15, -0.1) is 12.3 Å². The molecule has 1 aliphatic heterocycles. The Morgan fingerprint density at radius 1 is 1.32 bits per heavy atom. The Morgan fingerprint density at radius 3 is 2.77 bits per heavy atom. The van der Waals surface area contributed by atoms with Crippen LogP contribution in [0.15, 0.2) is 42.6 Å². The van der Waals surface area contributed by atoms with Gasteiger partial charge in [0.2, 0.25) is 0 Å². The lowest BCUT2D eigenvalue weighted by Gasteiger charge is -2.40. The maximum atomic E-state index is 11.3. The Bertz CT molecular complexity index is 1120. The zero-order valence-corrected chi connectivity index (χ0v) is 18.0. The molecule has 5 nitrogen and oxygen atoms in total. The number of carboxylic acids is 1. The average molecular weight is 417 g/mol. The quantitative estimate of drug-likeness (QED) is 0.545. The maximum absolute atomic E-state index is 11.3. The van der Waals surface area contributed by atoms with E-state index in [-0.39, 0.29) is 6.04 Å². The van der Waals surface area contributed by atoms with Crippen molar-refractivity contribution >= 4 is 16.9 Å². The SMILES string of the molecule is C#CCC1CCN(Cc2c(OC)cc(C)c3[nH]ccc23)[C@H](c2ccc(C(=O)O)cc2)C1. The number of aromatic amines is 1.